The number of hydrogen-bond acceptors (Lipinski definition) is 5. The normalized spacial score (nSPS) is 16.4. The van der Waals surface area contributed by atoms with Crippen LogP contribution in [0.5, 0.6) is 0 Å². The number of carbonyl (C=O) groups is 3. The second kappa shape index (κ2) is 8.78. The molecule has 7 heteroatoms. The van der Waals surface area contributed by atoms with Gasteiger partial charge in [0.2, 0.25) is 5.91 Å². The fraction of sp³-hybridized carbons (Fsp3) is 0.409. The number of hydrogen-bond donors (Lipinski definition) is 2. The van der Waals surface area contributed by atoms with Gasteiger partial charge in [-0.25, -0.2) is 4.79 Å². The molecule has 0 bridgehead atoms. The lowest BCUT2D eigenvalue weighted by Crippen LogP contribution is -2.36. The van der Waals surface area contributed by atoms with Crippen LogP contribution in [0.1, 0.15) is 48.9 Å². The number of anilines is 1. The average molecular weight is 413 g/mol. The molecular weight excluding hydrogens is 388 g/mol. The van der Waals surface area contributed by atoms with Gasteiger partial charge in [-0.3, -0.25) is 9.59 Å². The highest BCUT2D eigenvalue weighted by Gasteiger charge is 2.32. The molecule has 0 radical (unpaired) electrons. The molecule has 2 aromatic rings. The lowest BCUT2D eigenvalue weighted by Gasteiger charge is -2.13. The molecule has 1 aromatic carbocycles. The molecule has 2 aliphatic rings. The van der Waals surface area contributed by atoms with Crippen LogP contribution in [0.4, 0.5) is 5.00 Å². The molecule has 2 saturated carbocycles. The van der Waals surface area contributed by atoms with Crippen molar-refractivity contribution < 1.29 is 19.1 Å². The molecule has 6 nitrogen and oxygen atoms in total. The van der Waals surface area contributed by atoms with Crippen LogP contribution in [0, 0.1) is 5.92 Å². The largest absolute Gasteiger partial charge is 0.452 e. The first-order valence-electron chi connectivity index (χ1n) is 10.1. The Morgan fingerprint density at radius 3 is 2.45 bits per heavy atom. The Bertz CT molecular complexity index is 899. The van der Waals surface area contributed by atoms with Crippen LogP contribution in [0.3, 0.4) is 0 Å². The Labute approximate surface area is 173 Å². The summed E-state index contributed by atoms with van der Waals surface area (Å²) in [7, 11) is 0. The average Bonchev–Trinajstić information content (AvgIpc) is 3.32. The Morgan fingerprint density at radius 2 is 1.76 bits per heavy atom. The van der Waals surface area contributed by atoms with Gasteiger partial charge in [0.05, 0.1) is 0 Å². The van der Waals surface area contributed by atoms with Crippen LogP contribution in [0.25, 0.3) is 11.1 Å². The van der Waals surface area contributed by atoms with Crippen LogP contribution >= 0.6 is 11.3 Å². The van der Waals surface area contributed by atoms with Gasteiger partial charge in [-0.1, -0.05) is 43.2 Å². The Hall–Kier alpha value is -2.67. The zero-order chi connectivity index (χ0) is 20.2. The van der Waals surface area contributed by atoms with Crippen LogP contribution < -0.4 is 10.6 Å². The lowest BCUT2D eigenvalue weighted by atomic mass is 10.0. The third-order valence-electron chi connectivity index (χ3n) is 5.32. The summed E-state index contributed by atoms with van der Waals surface area (Å²) in [5.41, 5.74) is 1.87. The first-order valence-corrected chi connectivity index (χ1v) is 10.9. The molecule has 152 valence electrons. The molecule has 0 unspecified atom stereocenters. The van der Waals surface area contributed by atoms with Crippen molar-refractivity contribution in [3.8, 4) is 11.1 Å². The molecule has 2 fully saturated rings. The number of amides is 2. The molecule has 2 amide bonds. The summed E-state index contributed by atoms with van der Waals surface area (Å²) in [5.74, 6) is -0.930. The summed E-state index contributed by atoms with van der Waals surface area (Å²) in [6.45, 7) is -0.324. The van der Waals surface area contributed by atoms with Crippen LogP contribution in [0.15, 0.2) is 35.7 Å². The topological polar surface area (TPSA) is 84.5 Å². The number of nitrogens with one attached hydrogen (secondary N) is 2. The SMILES string of the molecule is O=C(COC(=O)c1c(-c2ccccc2)csc1NC(=O)C1CC1)NC1CCCC1. The zero-order valence-electron chi connectivity index (χ0n) is 16.1. The summed E-state index contributed by atoms with van der Waals surface area (Å²) < 4.78 is 5.32. The van der Waals surface area contributed by atoms with Crippen molar-refractivity contribution in [2.24, 2.45) is 5.92 Å². The molecule has 0 spiro atoms. The highest BCUT2D eigenvalue weighted by Crippen LogP contribution is 2.38. The Kier molecular flexibility index (Phi) is 5.94. The van der Waals surface area contributed by atoms with Crippen LogP contribution in [-0.2, 0) is 14.3 Å². The van der Waals surface area contributed by atoms with Crippen molar-refractivity contribution in [1.82, 2.24) is 5.32 Å². The van der Waals surface area contributed by atoms with Gasteiger partial charge >= 0.3 is 5.97 Å². The number of thiophene rings is 1. The van der Waals surface area contributed by atoms with Crippen LogP contribution in [0.2, 0.25) is 0 Å². The standard InChI is InChI=1S/C22H24N2O4S/c25-18(23-16-8-4-5-9-16)12-28-22(27)19-17(14-6-2-1-3-7-14)13-29-21(19)24-20(26)15-10-11-15/h1-3,6-7,13,15-16H,4-5,8-12H2,(H,23,25)(H,24,26). The molecule has 2 aliphatic carbocycles. The number of benzene rings is 1. The van der Waals surface area contributed by atoms with Crippen molar-refractivity contribution in [3.63, 3.8) is 0 Å². The number of carbonyl (C=O) groups excluding carboxylic acids is 3. The maximum Gasteiger partial charge on any atom is 0.342 e. The summed E-state index contributed by atoms with van der Waals surface area (Å²) in [6, 6.07) is 9.66. The van der Waals surface area contributed by atoms with Crippen LogP contribution in [-0.4, -0.2) is 30.4 Å². The minimum atomic E-state index is -0.599. The van der Waals surface area contributed by atoms with E-state index in [1.165, 1.54) is 11.3 Å². The van der Waals surface area contributed by atoms with Crippen molar-refractivity contribution in [1.29, 1.82) is 0 Å². The minimum Gasteiger partial charge on any atom is -0.452 e. The highest BCUT2D eigenvalue weighted by molar-refractivity contribution is 7.15. The van der Waals surface area contributed by atoms with E-state index in [1.54, 1.807) is 0 Å². The molecule has 29 heavy (non-hydrogen) atoms. The van der Waals surface area contributed by atoms with E-state index >= 15 is 0 Å². The first kappa shape index (κ1) is 19.6. The highest BCUT2D eigenvalue weighted by atomic mass is 32.1. The van der Waals surface area contributed by atoms with E-state index in [0.717, 1.165) is 44.1 Å². The van der Waals surface area contributed by atoms with Gasteiger partial charge < -0.3 is 15.4 Å². The summed E-state index contributed by atoms with van der Waals surface area (Å²) >= 11 is 1.30. The molecule has 0 aliphatic heterocycles. The molecule has 2 N–H and O–H groups in total. The predicted octanol–water partition coefficient (Wildman–Crippen LogP) is 3.98. The quantitative estimate of drug-likeness (QED) is 0.674. The Balaban J connectivity index is 1.49. The molecule has 4 rings (SSSR count). The maximum atomic E-state index is 12.9. The van der Waals surface area contributed by atoms with Crippen molar-refractivity contribution >= 4 is 34.1 Å². The first-order chi connectivity index (χ1) is 14.1. The van der Waals surface area contributed by atoms with Gasteiger partial charge in [-0.2, -0.15) is 0 Å². The van der Waals surface area contributed by atoms with E-state index in [-0.39, 0.29) is 30.4 Å². The van der Waals surface area contributed by atoms with Gasteiger partial charge in [0.15, 0.2) is 6.61 Å². The number of ether oxygens (including phenoxy) is 1. The molecule has 1 aromatic heterocycles. The molecule has 0 saturated heterocycles. The van der Waals surface area contributed by atoms with Gasteiger partial charge in [0.25, 0.3) is 5.91 Å². The smallest absolute Gasteiger partial charge is 0.342 e. The molecule has 1 heterocycles. The number of esters is 1. The third kappa shape index (κ3) is 4.85. The van der Waals surface area contributed by atoms with E-state index in [0.29, 0.717) is 16.1 Å². The van der Waals surface area contributed by atoms with E-state index < -0.39 is 5.97 Å². The summed E-state index contributed by atoms with van der Waals surface area (Å²) in [5, 5.41) is 8.10. The lowest BCUT2D eigenvalue weighted by molar-refractivity contribution is -0.125. The summed E-state index contributed by atoms with van der Waals surface area (Å²) in [6.07, 6.45) is 5.93. The third-order valence-corrected chi connectivity index (χ3v) is 6.21. The van der Waals surface area contributed by atoms with E-state index in [9.17, 15) is 14.4 Å². The van der Waals surface area contributed by atoms with Crippen molar-refractivity contribution in [3.05, 3.63) is 41.3 Å². The number of rotatable bonds is 7. The van der Waals surface area contributed by atoms with Crippen molar-refractivity contribution in [2.75, 3.05) is 11.9 Å². The van der Waals surface area contributed by atoms with E-state index in [2.05, 4.69) is 10.6 Å². The maximum absolute atomic E-state index is 12.9. The summed E-state index contributed by atoms with van der Waals surface area (Å²) in [4.78, 5) is 37.2. The second-order valence-corrected chi connectivity index (χ2v) is 8.49. The second-order valence-electron chi connectivity index (χ2n) is 7.61. The van der Waals surface area contributed by atoms with Gasteiger partial charge in [0, 0.05) is 22.9 Å². The van der Waals surface area contributed by atoms with E-state index in [1.807, 2.05) is 35.7 Å². The molecule has 0 atom stereocenters. The Morgan fingerprint density at radius 1 is 1.03 bits per heavy atom. The van der Waals surface area contributed by atoms with Crippen molar-refractivity contribution in [2.45, 2.75) is 44.6 Å². The molecular formula is C22H24N2O4S. The van der Waals surface area contributed by atoms with Gasteiger partial charge in [0.1, 0.15) is 10.6 Å². The van der Waals surface area contributed by atoms with E-state index in [4.69, 9.17) is 4.74 Å². The zero-order valence-corrected chi connectivity index (χ0v) is 16.9. The van der Waals surface area contributed by atoms with Gasteiger partial charge in [-0.05, 0) is 31.2 Å². The van der Waals surface area contributed by atoms with Gasteiger partial charge in [-0.15, -0.1) is 11.3 Å². The predicted molar refractivity (Wildman–Crippen MR) is 112 cm³/mol. The monoisotopic (exact) mass is 412 g/mol. The fourth-order valence-corrected chi connectivity index (χ4v) is 4.55. The fourth-order valence-electron chi connectivity index (χ4n) is 3.58. The minimum absolute atomic E-state index is 0.0262.